The molecule has 0 aromatic carbocycles. The van der Waals surface area contributed by atoms with Gasteiger partial charge in [0.25, 0.3) is 0 Å². The Morgan fingerprint density at radius 3 is 3.15 bits per heavy atom. The lowest BCUT2D eigenvalue weighted by molar-refractivity contribution is 0.244. The van der Waals surface area contributed by atoms with Gasteiger partial charge in [-0.2, -0.15) is 0 Å². The number of aliphatic hydroxyl groups excluding tert-OH is 1. The van der Waals surface area contributed by atoms with Crippen LogP contribution in [0.4, 0.5) is 4.79 Å². The van der Waals surface area contributed by atoms with E-state index in [2.05, 4.69) is 10.3 Å². The van der Waals surface area contributed by atoms with Crippen molar-refractivity contribution in [1.82, 2.24) is 14.9 Å². The highest BCUT2D eigenvalue weighted by Gasteiger charge is 2.03. The Morgan fingerprint density at radius 1 is 1.77 bits per heavy atom. The molecule has 0 radical (unpaired) electrons. The fraction of sp³-hybridized carbons (Fsp3) is 0.500. The zero-order valence-electron chi connectivity index (χ0n) is 7.53. The monoisotopic (exact) mass is 183 g/mol. The van der Waals surface area contributed by atoms with Crippen LogP contribution < -0.4 is 5.32 Å². The minimum absolute atomic E-state index is 0.146. The van der Waals surface area contributed by atoms with Crippen molar-refractivity contribution in [3.63, 3.8) is 0 Å². The molecule has 0 saturated carbocycles. The number of imidazole rings is 1. The van der Waals surface area contributed by atoms with Gasteiger partial charge in [0.1, 0.15) is 6.33 Å². The number of carbonyl (C=O) groups excluding carboxylic acids is 1. The van der Waals surface area contributed by atoms with E-state index in [4.69, 9.17) is 5.11 Å². The SMILES string of the molecule is CNC(=O)n1cnc(CCCO)c1. The van der Waals surface area contributed by atoms with Gasteiger partial charge >= 0.3 is 6.03 Å². The summed E-state index contributed by atoms with van der Waals surface area (Å²) in [6, 6.07) is -0.206. The molecule has 5 nitrogen and oxygen atoms in total. The second-order valence-electron chi connectivity index (χ2n) is 2.65. The number of amides is 1. The van der Waals surface area contributed by atoms with E-state index in [-0.39, 0.29) is 12.6 Å². The van der Waals surface area contributed by atoms with E-state index in [1.165, 1.54) is 10.9 Å². The first kappa shape index (κ1) is 9.73. The van der Waals surface area contributed by atoms with Gasteiger partial charge in [-0.1, -0.05) is 0 Å². The maximum Gasteiger partial charge on any atom is 0.326 e. The Bertz CT molecular complexity index is 283. The molecular weight excluding hydrogens is 170 g/mol. The van der Waals surface area contributed by atoms with Crippen molar-refractivity contribution in [2.45, 2.75) is 12.8 Å². The van der Waals surface area contributed by atoms with Crippen LogP contribution in [0.3, 0.4) is 0 Å². The first-order chi connectivity index (χ1) is 6.27. The normalized spacial score (nSPS) is 10.0. The van der Waals surface area contributed by atoms with Crippen LogP contribution in [0.1, 0.15) is 12.1 Å². The van der Waals surface area contributed by atoms with Crippen molar-refractivity contribution in [1.29, 1.82) is 0 Å². The second-order valence-corrected chi connectivity index (χ2v) is 2.65. The largest absolute Gasteiger partial charge is 0.396 e. The summed E-state index contributed by atoms with van der Waals surface area (Å²) in [7, 11) is 1.57. The fourth-order valence-electron chi connectivity index (χ4n) is 0.993. The van der Waals surface area contributed by atoms with Gasteiger partial charge in [-0.3, -0.25) is 4.57 Å². The number of nitrogens with zero attached hydrogens (tertiary/aromatic N) is 2. The molecule has 1 aromatic rings. The number of hydrogen-bond donors (Lipinski definition) is 2. The van der Waals surface area contributed by atoms with Gasteiger partial charge in [0.2, 0.25) is 0 Å². The standard InChI is InChI=1S/C8H13N3O2/c1-9-8(13)11-5-7(10-6-11)3-2-4-12/h5-6,12H,2-4H2,1H3,(H,9,13). The Hall–Kier alpha value is -1.36. The maximum absolute atomic E-state index is 11.1. The molecule has 0 fully saturated rings. The Morgan fingerprint density at radius 2 is 2.54 bits per heavy atom. The molecule has 2 N–H and O–H groups in total. The summed E-state index contributed by atoms with van der Waals surface area (Å²) in [5.74, 6) is 0. The summed E-state index contributed by atoms with van der Waals surface area (Å²) < 4.78 is 1.38. The predicted molar refractivity (Wildman–Crippen MR) is 47.5 cm³/mol. The molecule has 0 saturated heterocycles. The van der Waals surface area contributed by atoms with Crippen molar-refractivity contribution in [3.8, 4) is 0 Å². The highest BCUT2D eigenvalue weighted by atomic mass is 16.2. The summed E-state index contributed by atoms with van der Waals surface area (Å²) in [5, 5.41) is 11.1. The summed E-state index contributed by atoms with van der Waals surface area (Å²) in [6.07, 6.45) is 4.49. The van der Waals surface area contributed by atoms with E-state index < -0.39 is 0 Å². The third-order valence-electron chi connectivity index (χ3n) is 1.68. The van der Waals surface area contributed by atoms with Gasteiger partial charge in [0.15, 0.2) is 0 Å². The number of carbonyl (C=O) groups is 1. The smallest absolute Gasteiger partial charge is 0.326 e. The van der Waals surface area contributed by atoms with Crippen molar-refractivity contribution >= 4 is 6.03 Å². The van der Waals surface area contributed by atoms with E-state index in [1.54, 1.807) is 13.2 Å². The maximum atomic E-state index is 11.1. The molecule has 1 rings (SSSR count). The van der Waals surface area contributed by atoms with E-state index in [0.717, 1.165) is 5.69 Å². The van der Waals surface area contributed by atoms with Crippen LogP contribution in [0.25, 0.3) is 0 Å². The first-order valence-electron chi connectivity index (χ1n) is 4.13. The third-order valence-corrected chi connectivity index (χ3v) is 1.68. The van der Waals surface area contributed by atoms with Crippen LogP contribution in [-0.4, -0.2) is 34.3 Å². The number of aliphatic hydroxyl groups is 1. The number of nitrogens with one attached hydrogen (secondary N) is 1. The topological polar surface area (TPSA) is 67.2 Å². The van der Waals surface area contributed by atoms with E-state index in [1.807, 2.05) is 0 Å². The summed E-state index contributed by atoms with van der Waals surface area (Å²) in [5.41, 5.74) is 0.817. The number of aromatic nitrogens is 2. The van der Waals surface area contributed by atoms with Crippen LogP contribution in [0.2, 0.25) is 0 Å². The molecular formula is C8H13N3O2. The average Bonchev–Trinajstić information content (AvgIpc) is 2.62. The molecule has 0 aliphatic rings. The molecule has 72 valence electrons. The Labute approximate surface area is 76.4 Å². The van der Waals surface area contributed by atoms with Crippen LogP contribution >= 0.6 is 0 Å². The van der Waals surface area contributed by atoms with Crippen molar-refractivity contribution in [3.05, 3.63) is 18.2 Å². The van der Waals surface area contributed by atoms with Crippen LogP contribution in [-0.2, 0) is 6.42 Å². The van der Waals surface area contributed by atoms with Crippen molar-refractivity contribution in [2.24, 2.45) is 0 Å². The minimum atomic E-state index is -0.206. The molecule has 0 aliphatic heterocycles. The molecule has 0 bridgehead atoms. The van der Waals surface area contributed by atoms with Crippen LogP contribution in [0.15, 0.2) is 12.5 Å². The summed E-state index contributed by atoms with van der Waals surface area (Å²) in [6.45, 7) is 0.146. The molecule has 0 unspecified atom stereocenters. The van der Waals surface area contributed by atoms with Gasteiger partial charge in [-0.05, 0) is 12.8 Å². The quantitative estimate of drug-likeness (QED) is 0.693. The van der Waals surface area contributed by atoms with Gasteiger partial charge in [-0.25, -0.2) is 9.78 Å². The highest BCUT2D eigenvalue weighted by Crippen LogP contribution is 1.99. The molecule has 13 heavy (non-hydrogen) atoms. The minimum Gasteiger partial charge on any atom is -0.396 e. The predicted octanol–water partition coefficient (Wildman–Crippen LogP) is -0.00450. The zero-order valence-corrected chi connectivity index (χ0v) is 7.53. The molecule has 0 spiro atoms. The molecule has 0 atom stereocenters. The molecule has 1 aromatic heterocycles. The average molecular weight is 183 g/mol. The highest BCUT2D eigenvalue weighted by molar-refractivity contribution is 5.76. The Balaban J connectivity index is 2.58. The molecule has 1 heterocycles. The number of rotatable bonds is 3. The van der Waals surface area contributed by atoms with E-state index in [0.29, 0.717) is 12.8 Å². The van der Waals surface area contributed by atoms with Gasteiger partial charge in [-0.15, -0.1) is 0 Å². The zero-order chi connectivity index (χ0) is 9.68. The first-order valence-corrected chi connectivity index (χ1v) is 4.13. The van der Waals surface area contributed by atoms with Crippen molar-refractivity contribution < 1.29 is 9.90 Å². The molecule has 5 heteroatoms. The van der Waals surface area contributed by atoms with Gasteiger partial charge in [0, 0.05) is 19.9 Å². The Kier molecular flexibility index (Phi) is 3.45. The van der Waals surface area contributed by atoms with Gasteiger partial charge in [0.05, 0.1) is 5.69 Å². The van der Waals surface area contributed by atoms with Crippen LogP contribution in [0.5, 0.6) is 0 Å². The van der Waals surface area contributed by atoms with Crippen LogP contribution in [0, 0.1) is 0 Å². The lowest BCUT2D eigenvalue weighted by atomic mass is 10.3. The third kappa shape index (κ3) is 2.55. The summed E-state index contributed by atoms with van der Waals surface area (Å²) in [4.78, 5) is 15.1. The second kappa shape index (κ2) is 4.61. The molecule has 1 amide bonds. The van der Waals surface area contributed by atoms with E-state index >= 15 is 0 Å². The number of hydrogen-bond acceptors (Lipinski definition) is 3. The fourth-order valence-corrected chi connectivity index (χ4v) is 0.993. The number of aryl methyl sites for hydroxylation is 1. The lowest BCUT2D eigenvalue weighted by Crippen LogP contribution is -2.22. The van der Waals surface area contributed by atoms with E-state index in [9.17, 15) is 4.79 Å². The lowest BCUT2D eigenvalue weighted by Gasteiger charge is -1.96. The summed E-state index contributed by atoms with van der Waals surface area (Å²) >= 11 is 0. The van der Waals surface area contributed by atoms with Crippen molar-refractivity contribution in [2.75, 3.05) is 13.7 Å². The molecule has 0 aliphatic carbocycles. The van der Waals surface area contributed by atoms with Gasteiger partial charge < -0.3 is 10.4 Å².